The first-order valence-corrected chi connectivity index (χ1v) is 7.20. The molecule has 1 aromatic carbocycles. The molecule has 106 valence electrons. The van der Waals surface area contributed by atoms with Gasteiger partial charge >= 0.3 is 0 Å². The highest BCUT2D eigenvalue weighted by Gasteiger charge is 2.25. The van der Waals surface area contributed by atoms with Crippen molar-refractivity contribution in [2.24, 2.45) is 11.8 Å². The van der Waals surface area contributed by atoms with Crippen LogP contribution in [0.3, 0.4) is 0 Å². The van der Waals surface area contributed by atoms with Gasteiger partial charge in [-0.1, -0.05) is 19.8 Å². The van der Waals surface area contributed by atoms with E-state index in [0.717, 1.165) is 17.5 Å². The first-order chi connectivity index (χ1) is 9.08. The zero-order valence-electron chi connectivity index (χ0n) is 11.8. The highest BCUT2D eigenvalue weighted by molar-refractivity contribution is 5.19. The molecule has 2 rings (SSSR count). The minimum Gasteiger partial charge on any atom is -0.316 e. The summed E-state index contributed by atoms with van der Waals surface area (Å²) in [4.78, 5) is 0. The maximum absolute atomic E-state index is 13.2. The predicted octanol–water partition coefficient (Wildman–Crippen LogP) is 3.92. The molecule has 19 heavy (non-hydrogen) atoms. The lowest BCUT2D eigenvalue weighted by Gasteiger charge is -2.32. The third-order valence-corrected chi connectivity index (χ3v) is 4.38. The molecule has 1 aromatic rings. The van der Waals surface area contributed by atoms with Gasteiger partial charge in [0, 0.05) is 12.1 Å². The van der Waals surface area contributed by atoms with Gasteiger partial charge in [-0.25, -0.2) is 8.78 Å². The van der Waals surface area contributed by atoms with Crippen LogP contribution >= 0.6 is 0 Å². The number of likely N-dealkylation sites (N-methyl/N-ethyl adjacent to an activating group) is 1. The van der Waals surface area contributed by atoms with Crippen LogP contribution in [0.2, 0.25) is 0 Å². The van der Waals surface area contributed by atoms with Crippen molar-refractivity contribution in [3.63, 3.8) is 0 Å². The molecular weight excluding hydrogens is 244 g/mol. The van der Waals surface area contributed by atoms with Gasteiger partial charge in [-0.2, -0.15) is 0 Å². The van der Waals surface area contributed by atoms with Gasteiger partial charge in [0.05, 0.1) is 0 Å². The lowest BCUT2D eigenvalue weighted by Crippen LogP contribution is -2.37. The molecule has 1 N–H and O–H groups in total. The molecule has 0 spiro atoms. The molecule has 0 aliphatic heterocycles. The summed E-state index contributed by atoms with van der Waals surface area (Å²) in [7, 11) is 1.94. The average molecular weight is 267 g/mol. The van der Waals surface area contributed by atoms with Crippen molar-refractivity contribution in [1.82, 2.24) is 5.32 Å². The molecule has 1 fully saturated rings. The van der Waals surface area contributed by atoms with Gasteiger partial charge < -0.3 is 5.32 Å². The summed E-state index contributed by atoms with van der Waals surface area (Å²) >= 11 is 0. The van der Waals surface area contributed by atoms with E-state index in [0.29, 0.717) is 18.4 Å². The maximum Gasteiger partial charge on any atom is 0.126 e. The second kappa shape index (κ2) is 6.47. The van der Waals surface area contributed by atoms with Crippen molar-refractivity contribution in [2.75, 3.05) is 7.05 Å². The Labute approximate surface area is 114 Å². The second-order valence-corrected chi connectivity index (χ2v) is 5.90. The van der Waals surface area contributed by atoms with Gasteiger partial charge in [-0.05, 0) is 55.8 Å². The molecule has 0 bridgehead atoms. The molecule has 1 aliphatic rings. The van der Waals surface area contributed by atoms with Crippen LogP contribution in [0.1, 0.15) is 38.2 Å². The van der Waals surface area contributed by atoms with E-state index >= 15 is 0 Å². The molecule has 0 heterocycles. The van der Waals surface area contributed by atoms with Gasteiger partial charge in [-0.3, -0.25) is 0 Å². The summed E-state index contributed by atoms with van der Waals surface area (Å²) in [6.45, 7) is 2.30. The molecule has 0 amide bonds. The predicted molar refractivity (Wildman–Crippen MR) is 74.0 cm³/mol. The van der Waals surface area contributed by atoms with Gasteiger partial charge in [-0.15, -0.1) is 0 Å². The fourth-order valence-corrected chi connectivity index (χ4v) is 3.18. The minimum atomic E-state index is -0.484. The van der Waals surface area contributed by atoms with Crippen molar-refractivity contribution < 1.29 is 8.78 Å². The van der Waals surface area contributed by atoms with E-state index in [-0.39, 0.29) is 0 Å². The highest BCUT2D eigenvalue weighted by Crippen LogP contribution is 2.31. The van der Waals surface area contributed by atoms with E-state index < -0.39 is 11.6 Å². The van der Waals surface area contributed by atoms with Gasteiger partial charge in [0.2, 0.25) is 0 Å². The zero-order chi connectivity index (χ0) is 13.8. The lowest BCUT2D eigenvalue weighted by atomic mass is 9.78. The van der Waals surface area contributed by atoms with Crippen LogP contribution in [-0.4, -0.2) is 13.1 Å². The Kier molecular flexibility index (Phi) is 4.92. The first kappa shape index (κ1) is 14.4. The van der Waals surface area contributed by atoms with Crippen molar-refractivity contribution in [3.05, 3.63) is 35.4 Å². The Morgan fingerprint density at radius 3 is 2.21 bits per heavy atom. The number of benzene rings is 1. The van der Waals surface area contributed by atoms with Crippen molar-refractivity contribution in [3.8, 4) is 0 Å². The highest BCUT2D eigenvalue weighted by atomic mass is 19.1. The smallest absolute Gasteiger partial charge is 0.126 e. The molecule has 1 nitrogen and oxygen atoms in total. The number of halogens is 2. The van der Waals surface area contributed by atoms with Crippen LogP contribution in [0.25, 0.3) is 0 Å². The maximum atomic E-state index is 13.2. The molecule has 0 radical (unpaired) electrons. The SMILES string of the molecule is CNC(Cc1cc(F)cc(F)c1)C1CCC(C)CC1. The number of hydrogen-bond donors (Lipinski definition) is 1. The van der Waals surface area contributed by atoms with Crippen LogP contribution < -0.4 is 5.32 Å². The van der Waals surface area contributed by atoms with Crippen molar-refractivity contribution in [1.29, 1.82) is 0 Å². The molecule has 1 aliphatic carbocycles. The summed E-state index contributed by atoms with van der Waals surface area (Å²) < 4.78 is 26.4. The molecule has 3 heteroatoms. The van der Waals surface area contributed by atoms with Crippen LogP contribution in [0, 0.1) is 23.5 Å². The number of hydrogen-bond acceptors (Lipinski definition) is 1. The largest absolute Gasteiger partial charge is 0.316 e. The van der Waals surface area contributed by atoms with Gasteiger partial charge in [0.1, 0.15) is 11.6 Å². The standard InChI is InChI=1S/C16H23F2N/c1-11-3-5-13(6-4-11)16(19-2)9-12-7-14(17)10-15(18)8-12/h7-8,10-11,13,16,19H,3-6,9H2,1-2H3. The fourth-order valence-electron chi connectivity index (χ4n) is 3.18. The van der Waals surface area contributed by atoms with Crippen molar-refractivity contribution >= 4 is 0 Å². The van der Waals surface area contributed by atoms with Gasteiger partial charge in [0.15, 0.2) is 0 Å². The molecule has 0 aromatic heterocycles. The third-order valence-electron chi connectivity index (χ3n) is 4.38. The van der Waals surface area contributed by atoms with Crippen LogP contribution in [0.5, 0.6) is 0 Å². The van der Waals surface area contributed by atoms with E-state index in [1.807, 2.05) is 7.05 Å². The van der Waals surface area contributed by atoms with E-state index in [1.54, 1.807) is 0 Å². The van der Waals surface area contributed by atoms with E-state index in [9.17, 15) is 8.78 Å². The van der Waals surface area contributed by atoms with E-state index in [2.05, 4.69) is 12.2 Å². The Hall–Kier alpha value is -0.960. The minimum absolute atomic E-state index is 0.314. The molecule has 1 saturated carbocycles. The summed E-state index contributed by atoms with van der Waals surface area (Å²) in [5, 5.41) is 3.33. The Bertz CT molecular complexity index is 391. The van der Waals surface area contributed by atoms with Crippen LogP contribution in [-0.2, 0) is 6.42 Å². The first-order valence-electron chi connectivity index (χ1n) is 7.20. The van der Waals surface area contributed by atoms with Crippen LogP contribution in [0.15, 0.2) is 18.2 Å². The monoisotopic (exact) mass is 267 g/mol. The Balaban J connectivity index is 2.02. The normalized spacial score (nSPS) is 25.3. The third kappa shape index (κ3) is 4.00. The number of rotatable bonds is 4. The quantitative estimate of drug-likeness (QED) is 0.871. The molecule has 0 saturated heterocycles. The average Bonchev–Trinajstić information content (AvgIpc) is 2.36. The zero-order valence-corrected chi connectivity index (χ0v) is 11.8. The van der Waals surface area contributed by atoms with E-state index in [4.69, 9.17) is 0 Å². The summed E-state index contributed by atoms with van der Waals surface area (Å²) in [6.07, 6.45) is 5.65. The molecule has 1 unspecified atom stereocenters. The molecule has 1 atom stereocenters. The van der Waals surface area contributed by atoms with Crippen molar-refractivity contribution in [2.45, 2.75) is 45.1 Å². The second-order valence-electron chi connectivity index (χ2n) is 5.90. The molecular formula is C16H23F2N. The Morgan fingerprint density at radius 1 is 1.11 bits per heavy atom. The lowest BCUT2D eigenvalue weighted by molar-refractivity contribution is 0.235. The summed E-state index contributed by atoms with van der Waals surface area (Å²) in [6, 6.07) is 4.13. The van der Waals surface area contributed by atoms with E-state index in [1.165, 1.54) is 37.8 Å². The van der Waals surface area contributed by atoms with Crippen LogP contribution in [0.4, 0.5) is 8.78 Å². The number of nitrogens with one attached hydrogen (secondary N) is 1. The summed E-state index contributed by atoms with van der Waals surface area (Å²) in [5.41, 5.74) is 0.746. The fraction of sp³-hybridized carbons (Fsp3) is 0.625. The Morgan fingerprint density at radius 2 is 1.68 bits per heavy atom. The topological polar surface area (TPSA) is 12.0 Å². The van der Waals surface area contributed by atoms with Gasteiger partial charge in [0.25, 0.3) is 0 Å². The summed E-state index contributed by atoms with van der Waals surface area (Å²) in [5.74, 6) is 0.470.